The Kier molecular flexibility index (Phi) is 4.55. The molecule has 0 amide bonds. The van der Waals surface area contributed by atoms with Crippen molar-refractivity contribution in [2.75, 3.05) is 13.2 Å². The Hall–Kier alpha value is -1.58. The highest BCUT2D eigenvalue weighted by molar-refractivity contribution is 5.93. The van der Waals surface area contributed by atoms with Gasteiger partial charge < -0.3 is 9.47 Å². The average molecular weight is 413 g/mol. The summed E-state index contributed by atoms with van der Waals surface area (Å²) < 4.78 is 11.0. The lowest BCUT2D eigenvalue weighted by atomic mass is 9.43. The molecule has 0 N–H and O–H groups in total. The highest BCUT2D eigenvalue weighted by Gasteiger charge is 2.60. The highest BCUT2D eigenvalue weighted by Crippen LogP contribution is 2.67. The van der Waals surface area contributed by atoms with Crippen LogP contribution < -0.4 is 0 Å². The van der Waals surface area contributed by atoms with Crippen LogP contribution in [0, 0.1) is 34.0 Å². The van der Waals surface area contributed by atoms with Gasteiger partial charge in [0.25, 0.3) is 0 Å². The minimum Gasteiger partial charge on any atom is -0.465 e. The third kappa shape index (κ3) is 2.71. The van der Waals surface area contributed by atoms with Crippen LogP contribution in [-0.4, -0.2) is 25.2 Å². The molecule has 2 saturated carbocycles. The largest absolute Gasteiger partial charge is 0.465 e. The molecule has 0 aromatic heterocycles. The van der Waals surface area contributed by atoms with Crippen molar-refractivity contribution >= 4 is 11.9 Å². The number of carbonyl (C=O) groups is 2. The standard InChI is InChI=1S/C26H36O4/c1-16(27)30-15-24(2)11-5-12-25(3)20-10-13-26(4)19(18(20)7-9-21(24)25)8-6-17-14-29-23(28)22(17)26/h7,19-21H,5-6,8-15H2,1-4H3. The monoisotopic (exact) mass is 412 g/mol. The maximum atomic E-state index is 12.6. The van der Waals surface area contributed by atoms with Gasteiger partial charge in [-0.15, -0.1) is 0 Å². The summed E-state index contributed by atoms with van der Waals surface area (Å²) >= 11 is 0. The highest BCUT2D eigenvalue weighted by atomic mass is 16.5. The Labute approximate surface area is 180 Å². The number of esters is 2. The Morgan fingerprint density at radius 2 is 1.97 bits per heavy atom. The molecular formula is C26H36O4. The molecule has 0 aromatic carbocycles. The van der Waals surface area contributed by atoms with E-state index in [1.807, 2.05) is 0 Å². The molecule has 5 rings (SSSR count). The first-order valence-corrected chi connectivity index (χ1v) is 11.9. The number of allylic oxidation sites excluding steroid dienone is 2. The van der Waals surface area contributed by atoms with Crippen molar-refractivity contribution in [3.05, 3.63) is 22.8 Å². The maximum Gasteiger partial charge on any atom is 0.334 e. The summed E-state index contributed by atoms with van der Waals surface area (Å²) in [7, 11) is 0. The van der Waals surface area contributed by atoms with Gasteiger partial charge in [-0.1, -0.05) is 38.8 Å². The van der Waals surface area contributed by atoms with Crippen molar-refractivity contribution in [3.8, 4) is 0 Å². The van der Waals surface area contributed by atoms with Gasteiger partial charge >= 0.3 is 11.9 Å². The molecule has 1 heterocycles. The van der Waals surface area contributed by atoms with E-state index in [-0.39, 0.29) is 28.2 Å². The molecule has 30 heavy (non-hydrogen) atoms. The van der Waals surface area contributed by atoms with Gasteiger partial charge in [-0.2, -0.15) is 0 Å². The Morgan fingerprint density at radius 1 is 1.17 bits per heavy atom. The lowest BCUT2D eigenvalue weighted by Crippen LogP contribution is -2.55. The quantitative estimate of drug-likeness (QED) is 0.452. The molecule has 0 aromatic rings. The molecule has 2 fully saturated rings. The normalized spacial score (nSPS) is 44.9. The minimum atomic E-state index is -0.168. The maximum absolute atomic E-state index is 12.6. The predicted molar refractivity (Wildman–Crippen MR) is 114 cm³/mol. The van der Waals surface area contributed by atoms with Crippen LogP contribution in [0.3, 0.4) is 0 Å². The smallest absolute Gasteiger partial charge is 0.334 e. The van der Waals surface area contributed by atoms with Crippen molar-refractivity contribution in [2.45, 2.75) is 79.1 Å². The van der Waals surface area contributed by atoms with E-state index >= 15 is 0 Å². The summed E-state index contributed by atoms with van der Waals surface area (Å²) in [6.45, 7) is 9.77. The SMILES string of the molecule is CC(=O)OCC1(C)CCCC2(C)C3CCC4(C)C5=C(CCC4C3=CCC12)COC5=O. The second kappa shape index (κ2) is 6.71. The number of hydrogen-bond acceptors (Lipinski definition) is 4. The zero-order valence-corrected chi connectivity index (χ0v) is 19.0. The molecule has 0 radical (unpaired) electrons. The van der Waals surface area contributed by atoms with Gasteiger partial charge in [0.1, 0.15) is 6.61 Å². The van der Waals surface area contributed by atoms with Crippen LogP contribution in [-0.2, 0) is 19.1 Å². The number of hydrogen-bond donors (Lipinski definition) is 0. The van der Waals surface area contributed by atoms with Crippen LogP contribution in [0.25, 0.3) is 0 Å². The van der Waals surface area contributed by atoms with Crippen molar-refractivity contribution in [3.63, 3.8) is 0 Å². The van der Waals surface area contributed by atoms with E-state index in [2.05, 4.69) is 26.8 Å². The molecule has 4 heteroatoms. The molecule has 0 bridgehead atoms. The summed E-state index contributed by atoms with van der Waals surface area (Å²) in [6.07, 6.45) is 11.6. The van der Waals surface area contributed by atoms with Crippen molar-refractivity contribution < 1.29 is 19.1 Å². The first-order valence-electron chi connectivity index (χ1n) is 11.9. The summed E-state index contributed by atoms with van der Waals surface area (Å²) in [4.78, 5) is 24.1. The van der Waals surface area contributed by atoms with Crippen LogP contribution >= 0.6 is 0 Å². The van der Waals surface area contributed by atoms with Crippen molar-refractivity contribution in [1.82, 2.24) is 0 Å². The second-order valence-corrected chi connectivity index (χ2v) is 11.4. The number of carbonyl (C=O) groups excluding carboxylic acids is 2. The van der Waals surface area contributed by atoms with E-state index in [1.165, 1.54) is 25.3 Å². The lowest BCUT2D eigenvalue weighted by molar-refractivity contribution is -0.152. The number of fused-ring (bicyclic) bond motifs is 6. The summed E-state index contributed by atoms with van der Waals surface area (Å²) in [6, 6.07) is 0. The van der Waals surface area contributed by atoms with E-state index in [0.29, 0.717) is 31.0 Å². The Morgan fingerprint density at radius 3 is 2.73 bits per heavy atom. The molecule has 6 unspecified atom stereocenters. The molecule has 0 spiro atoms. The van der Waals surface area contributed by atoms with Gasteiger partial charge in [-0.25, -0.2) is 4.79 Å². The lowest BCUT2D eigenvalue weighted by Gasteiger charge is -2.62. The molecule has 0 saturated heterocycles. The van der Waals surface area contributed by atoms with Gasteiger partial charge in [0, 0.05) is 23.3 Å². The van der Waals surface area contributed by atoms with Gasteiger partial charge in [-0.05, 0) is 73.7 Å². The molecule has 1 aliphatic heterocycles. The van der Waals surface area contributed by atoms with Crippen LogP contribution in [0.2, 0.25) is 0 Å². The van der Waals surface area contributed by atoms with E-state index in [1.54, 1.807) is 5.57 Å². The third-order valence-corrected chi connectivity index (χ3v) is 9.86. The summed E-state index contributed by atoms with van der Waals surface area (Å²) in [5, 5.41) is 0. The number of rotatable bonds is 2. The molecule has 5 aliphatic rings. The van der Waals surface area contributed by atoms with E-state index in [0.717, 1.165) is 44.1 Å². The van der Waals surface area contributed by atoms with Crippen molar-refractivity contribution in [1.29, 1.82) is 0 Å². The first kappa shape index (κ1) is 20.3. The van der Waals surface area contributed by atoms with Crippen LogP contribution in [0.15, 0.2) is 22.8 Å². The third-order valence-electron chi connectivity index (χ3n) is 9.86. The molecular weight excluding hydrogens is 376 g/mol. The van der Waals surface area contributed by atoms with Crippen LogP contribution in [0.4, 0.5) is 0 Å². The molecule has 4 aliphatic carbocycles. The Balaban J connectivity index is 1.49. The van der Waals surface area contributed by atoms with Crippen molar-refractivity contribution in [2.24, 2.45) is 34.0 Å². The van der Waals surface area contributed by atoms with E-state index < -0.39 is 0 Å². The summed E-state index contributed by atoms with van der Waals surface area (Å²) in [5.74, 6) is 1.39. The average Bonchev–Trinajstić information content (AvgIpc) is 3.08. The van der Waals surface area contributed by atoms with Gasteiger partial charge in [0.05, 0.1) is 6.61 Å². The fourth-order valence-electron chi connectivity index (χ4n) is 8.45. The second-order valence-electron chi connectivity index (χ2n) is 11.4. The topological polar surface area (TPSA) is 52.6 Å². The fourth-order valence-corrected chi connectivity index (χ4v) is 8.45. The van der Waals surface area contributed by atoms with Crippen LogP contribution in [0.1, 0.15) is 79.1 Å². The first-order chi connectivity index (χ1) is 14.2. The summed E-state index contributed by atoms with van der Waals surface area (Å²) in [5.41, 5.74) is 4.17. The molecule has 6 atom stereocenters. The molecule has 164 valence electrons. The zero-order chi connectivity index (χ0) is 21.3. The number of cyclic esters (lactones) is 1. The Bertz CT molecular complexity index is 853. The fraction of sp³-hybridized carbons (Fsp3) is 0.769. The minimum absolute atomic E-state index is 0.0530. The van der Waals surface area contributed by atoms with E-state index in [4.69, 9.17) is 9.47 Å². The zero-order valence-electron chi connectivity index (χ0n) is 19.0. The van der Waals surface area contributed by atoms with Gasteiger partial charge in [0.2, 0.25) is 0 Å². The van der Waals surface area contributed by atoms with Gasteiger partial charge in [0.15, 0.2) is 0 Å². The van der Waals surface area contributed by atoms with Gasteiger partial charge in [-0.3, -0.25) is 4.79 Å². The van der Waals surface area contributed by atoms with Crippen LogP contribution in [0.5, 0.6) is 0 Å². The predicted octanol–water partition coefficient (Wildman–Crippen LogP) is 5.37. The number of ether oxygens (including phenoxy) is 2. The molecule has 4 nitrogen and oxygen atoms in total. The van der Waals surface area contributed by atoms with E-state index in [9.17, 15) is 9.59 Å².